The molecule has 0 bridgehead atoms. The van der Waals surface area contributed by atoms with E-state index >= 15 is 0 Å². The molecule has 0 aliphatic rings. The molecule has 2 aromatic rings. The molecule has 0 fully saturated rings. The third-order valence-electron chi connectivity index (χ3n) is 3.53. The number of ether oxygens (including phenoxy) is 1. The van der Waals surface area contributed by atoms with Gasteiger partial charge in [0.15, 0.2) is 0 Å². The first-order chi connectivity index (χ1) is 9.60. The highest BCUT2D eigenvalue weighted by Gasteiger charge is 2.05. The maximum absolute atomic E-state index is 6.04. The average Bonchev–Trinajstić information content (AvgIpc) is 2.46. The number of hydrogen-bond acceptors (Lipinski definition) is 2. The van der Waals surface area contributed by atoms with Crippen molar-refractivity contribution in [3.63, 3.8) is 0 Å². The van der Waals surface area contributed by atoms with E-state index in [1.165, 1.54) is 11.1 Å². The van der Waals surface area contributed by atoms with Crippen LogP contribution in [0.3, 0.4) is 0 Å². The first kappa shape index (κ1) is 14.4. The quantitative estimate of drug-likeness (QED) is 0.809. The van der Waals surface area contributed by atoms with Crippen LogP contribution in [0.2, 0.25) is 0 Å². The van der Waals surface area contributed by atoms with Gasteiger partial charge in [-0.25, -0.2) is 0 Å². The van der Waals surface area contributed by atoms with Crippen molar-refractivity contribution in [2.75, 3.05) is 5.73 Å². The third kappa shape index (κ3) is 3.53. The Labute approximate surface area is 121 Å². The zero-order valence-corrected chi connectivity index (χ0v) is 12.5. The van der Waals surface area contributed by atoms with Gasteiger partial charge in [0.2, 0.25) is 0 Å². The van der Waals surface area contributed by atoms with Gasteiger partial charge in [-0.05, 0) is 41.2 Å². The Kier molecular flexibility index (Phi) is 4.67. The van der Waals surface area contributed by atoms with Gasteiger partial charge < -0.3 is 10.5 Å². The summed E-state index contributed by atoms with van der Waals surface area (Å²) in [6.07, 6.45) is 1.06. The second-order valence-corrected chi connectivity index (χ2v) is 5.41. The van der Waals surface area contributed by atoms with Crippen molar-refractivity contribution in [3.05, 3.63) is 59.2 Å². The number of nitrogen functional groups attached to an aromatic ring is 1. The van der Waals surface area contributed by atoms with Crippen molar-refractivity contribution in [1.82, 2.24) is 0 Å². The molecule has 2 heteroatoms. The van der Waals surface area contributed by atoms with Crippen LogP contribution in [0.1, 0.15) is 43.4 Å². The van der Waals surface area contributed by atoms with Crippen molar-refractivity contribution >= 4 is 5.69 Å². The molecule has 0 aliphatic carbocycles. The number of anilines is 1. The van der Waals surface area contributed by atoms with Crippen LogP contribution < -0.4 is 10.5 Å². The summed E-state index contributed by atoms with van der Waals surface area (Å²) >= 11 is 0. The molecule has 20 heavy (non-hydrogen) atoms. The largest absolute Gasteiger partial charge is 0.487 e. The van der Waals surface area contributed by atoms with Crippen LogP contribution in [0.5, 0.6) is 5.75 Å². The summed E-state index contributed by atoms with van der Waals surface area (Å²) in [6, 6.07) is 14.5. The van der Waals surface area contributed by atoms with Crippen molar-refractivity contribution in [2.24, 2.45) is 0 Å². The fourth-order valence-electron chi connectivity index (χ4n) is 2.09. The standard InChI is InChI=1S/C18H23NO/c1-4-14-5-7-15(8-6-14)12-20-18-10-9-16(13(2)3)11-17(18)19/h5-11,13H,4,12,19H2,1-3H3. The maximum Gasteiger partial charge on any atom is 0.142 e. The van der Waals surface area contributed by atoms with Crippen LogP contribution in [0, 0.1) is 0 Å². The lowest BCUT2D eigenvalue weighted by Crippen LogP contribution is -2.00. The second kappa shape index (κ2) is 6.47. The molecule has 2 rings (SSSR count). The number of aryl methyl sites for hydroxylation is 1. The maximum atomic E-state index is 6.04. The van der Waals surface area contributed by atoms with Gasteiger partial charge in [-0.15, -0.1) is 0 Å². The smallest absolute Gasteiger partial charge is 0.142 e. The fraction of sp³-hybridized carbons (Fsp3) is 0.333. The molecule has 0 unspecified atom stereocenters. The van der Waals surface area contributed by atoms with E-state index in [2.05, 4.69) is 51.1 Å². The second-order valence-electron chi connectivity index (χ2n) is 5.41. The third-order valence-corrected chi connectivity index (χ3v) is 3.53. The van der Waals surface area contributed by atoms with E-state index in [1.807, 2.05) is 12.1 Å². The highest BCUT2D eigenvalue weighted by molar-refractivity contribution is 5.54. The minimum atomic E-state index is 0.480. The van der Waals surface area contributed by atoms with E-state index in [4.69, 9.17) is 10.5 Å². The molecular weight excluding hydrogens is 246 g/mol. The lowest BCUT2D eigenvalue weighted by molar-refractivity contribution is 0.308. The highest BCUT2D eigenvalue weighted by Crippen LogP contribution is 2.26. The van der Waals surface area contributed by atoms with E-state index in [1.54, 1.807) is 0 Å². The number of nitrogens with two attached hydrogens (primary N) is 1. The van der Waals surface area contributed by atoms with Crippen LogP contribution in [0.15, 0.2) is 42.5 Å². The SMILES string of the molecule is CCc1ccc(COc2ccc(C(C)C)cc2N)cc1. The van der Waals surface area contributed by atoms with Gasteiger partial charge in [0.25, 0.3) is 0 Å². The van der Waals surface area contributed by atoms with Crippen molar-refractivity contribution in [2.45, 2.75) is 39.7 Å². The Hall–Kier alpha value is -1.96. The van der Waals surface area contributed by atoms with Gasteiger partial charge in [0.1, 0.15) is 12.4 Å². The fourth-order valence-corrected chi connectivity index (χ4v) is 2.09. The Morgan fingerprint density at radius 3 is 2.20 bits per heavy atom. The Bertz CT molecular complexity index is 558. The molecule has 0 saturated carbocycles. The molecule has 0 aromatic heterocycles. The van der Waals surface area contributed by atoms with E-state index < -0.39 is 0 Å². The molecule has 0 radical (unpaired) electrons. The summed E-state index contributed by atoms with van der Waals surface area (Å²) in [5.41, 5.74) is 10.5. The Morgan fingerprint density at radius 2 is 1.65 bits per heavy atom. The molecule has 0 spiro atoms. The predicted molar refractivity (Wildman–Crippen MR) is 85.1 cm³/mol. The average molecular weight is 269 g/mol. The summed E-state index contributed by atoms with van der Waals surface area (Å²) < 4.78 is 5.81. The number of rotatable bonds is 5. The van der Waals surface area contributed by atoms with E-state index in [0.717, 1.165) is 17.7 Å². The van der Waals surface area contributed by atoms with E-state index in [9.17, 15) is 0 Å². The van der Waals surface area contributed by atoms with Crippen LogP contribution in [0.25, 0.3) is 0 Å². The molecule has 0 amide bonds. The minimum absolute atomic E-state index is 0.480. The molecule has 0 atom stereocenters. The van der Waals surface area contributed by atoms with Crippen LogP contribution in [-0.2, 0) is 13.0 Å². The molecule has 0 saturated heterocycles. The van der Waals surface area contributed by atoms with Gasteiger partial charge in [0, 0.05) is 0 Å². The van der Waals surface area contributed by atoms with Crippen molar-refractivity contribution < 1.29 is 4.74 Å². The van der Waals surface area contributed by atoms with Gasteiger partial charge in [-0.2, -0.15) is 0 Å². The predicted octanol–water partition coefficient (Wildman–Crippen LogP) is 4.53. The van der Waals surface area contributed by atoms with E-state index in [0.29, 0.717) is 18.2 Å². The van der Waals surface area contributed by atoms with Crippen molar-refractivity contribution in [3.8, 4) is 5.75 Å². The molecule has 2 nitrogen and oxygen atoms in total. The summed E-state index contributed by atoms with van der Waals surface area (Å²) in [5.74, 6) is 1.24. The lowest BCUT2D eigenvalue weighted by atomic mass is 10.0. The zero-order valence-electron chi connectivity index (χ0n) is 12.5. The van der Waals surface area contributed by atoms with Crippen molar-refractivity contribution in [1.29, 1.82) is 0 Å². The van der Waals surface area contributed by atoms with Gasteiger partial charge in [0.05, 0.1) is 5.69 Å². The minimum Gasteiger partial charge on any atom is -0.487 e. The normalized spacial score (nSPS) is 10.8. The first-order valence-electron chi connectivity index (χ1n) is 7.20. The van der Waals surface area contributed by atoms with Crippen LogP contribution in [-0.4, -0.2) is 0 Å². The van der Waals surface area contributed by atoms with Crippen LogP contribution in [0.4, 0.5) is 5.69 Å². The van der Waals surface area contributed by atoms with Gasteiger partial charge >= 0.3 is 0 Å². The Balaban J connectivity index is 2.03. The first-order valence-corrected chi connectivity index (χ1v) is 7.20. The molecule has 2 N–H and O–H groups in total. The van der Waals surface area contributed by atoms with Gasteiger partial charge in [-0.3, -0.25) is 0 Å². The molecular formula is C18H23NO. The molecule has 0 aliphatic heterocycles. The summed E-state index contributed by atoms with van der Waals surface area (Å²) in [5, 5.41) is 0. The topological polar surface area (TPSA) is 35.2 Å². The zero-order chi connectivity index (χ0) is 14.5. The molecule has 2 aromatic carbocycles. The summed E-state index contributed by atoms with van der Waals surface area (Å²) in [7, 11) is 0. The number of benzene rings is 2. The highest BCUT2D eigenvalue weighted by atomic mass is 16.5. The molecule has 106 valence electrons. The van der Waals surface area contributed by atoms with E-state index in [-0.39, 0.29) is 0 Å². The van der Waals surface area contributed by atoms with Gasteiger partial charge in [-0.1, -0.05) is 51.1 Å². The summed E-state index contributed by atoms with van der Waals surface area (Å²) in [6.45, 7) is 7.02. The lowest BCUT2D eigenvalue weighted by Gasteiger charge is -2.12. The number of hydrogen-bond donors (Lipinski definition) is 1. The monoisotopic (exact) mass is 269 g/mol. The Morgan fingerprint density at radius 1 is 1.00 bits per heavy atom. The van der Waals surface area contributed by atoms with Crippen LogP contribution >= 0.6 is 0 Å². The molecule has 0 heterocycles. The summed E-state index contributed by atoms with van der Waals surface area (Å²) in [4.78, 5) is 0.